The minimum absolute atomic E-state index is 0.0417. The smallest absolute Gasteiger partial charge is 0.303 e. The second kappa shape index (κ2) is 8.41. The molecule has 5 nitrogen and oxygen atoms in total. The summed E-state index contributed by atoms with van der Waals surface area (Å²) in [6.07, 6.45) is 4.37. The number of para-hydroxylation sites is 1. The molecule has 22 heavy (non-hydrogen) atoms. The summed E-state index contributed by atoms with van der Waals surface area (Å²) in [6.45, 7) is 1.07. The number of benzene rings is 1. The number of hydrogen-bond acceptors (Lipinski definition) is 3. The van der Waals surface area contributed by atoms with E-state index in [4.69, 9.17) is 9.84 Å². The highest BCUT2D eigenvalue weighted by molar-refractivity contribution is 5.79. The Hall–Kier alpha value is -2.04. The van der Waals surface area contributed by atoms with E-state index in [0.717, 1.165) is 37.0 Å². The van der Waals surface area contributed by atoms with Crippen molar-refractivity contribution in [2.24, 2.45) is 5.92 Å². The van der Waals surface area contributed by atoms with Gasteiger partial charge in [-0.15, -0.1) is 0 Å². The summed E-state index contributed by atoms with van der Waals surface area (Å²) in [5.41, 5.74) is 1.09. The van der Waals surface area contributed by atoms with Gasteiger partial charge in [0.15, 0.2) is 0 Å². The number of nitrogens with one attached hydrogen (secondary N) is 1. The van der Waals surface area contributed by atoms with E-state index in [1.54, 1.807) is 0 Å². The number of carboxylic acid groups (broad SMARTS) is 1. The molecule has 0 radical (unpaired) electrons. The SMILES string of the molecule is O=C(O)CCCCCCNC(=O)C1COc2ccccc2C1. The molecule has 1 heterocycles. The molecule has 0 bridgehead atoms. The van der Waals surface area contributed by atoms with Crippen LogP contribution in [0.2, 0.25) is 0 Å². The Morgan fingerprint density at radius 1 is 1.18 bits per heavy atom. The van der Waals surface area contributed by atoms with Crippen molar-refractivity contribution >= 4 is 11.9 Å². The first kappa shape index (κ1) is 16.3. The van der Waals surface area contributed by atoms with Crippen molar-refractivity contribution in [2.75, 3.05) is 13.2 Å². The normalized spacial score (nSPS) is 16.5. The van der Waals surface area contributed by atoms with Crippen LogP contribution in [0.25, 0.3) is 0 Å². The first-order valence-electron chi connectivity index (χ1n) is 7.87. The molecule has 5 heteroatoms. The lowest BCUT2D eigenvalue weighted by Crippen LogP contribution is -2.37. The molecule has 1 aromatic rings. The van der Waals surface area contributed by atoms with Crippen LogP contribution in [0.4, 0.5) is 0 Å². The third-order valence-corrected chi connectivity index (χ3v) is 3.87. The molecule has 1 unspecified atom stereocenters. The highest BCUT2D eigenvalue weighted by atomic mass is 16.5. The van der Waals surface area contributed by atoms with E-state index in [1.165, 1.54) is 0 Å². The van der Waals surface area contributed by atoms with Crippen LogP contribution in [-0.4, -0.2) is 30.1 Å². The van der Waals surface area contributed by atoms with Crippen LogP contribution in [0.5, 0.6) is 5.75 Å². The van der Waals surface area contributed by atoms with E-state index >= 15 is 0 Å². The van der Waals surface area contributed by atoms with Crippen LogP contribution in [0, 0.1) is 5.92 Å². The van der Waals surface area contributed by atoms with Gasteiger partial charge in [-0.2, -0.15) is 0 Å². The van der Waals surface area contributed by atoms with Gasteiger partial charge in [-0.3, -0.25) is 9.59 Å². The third kappa shape index (κ3) is 5.06. The van der Waals surface area contributed by atoms with Gasteiger partial charge in [0, 0.05) is 13.0 Å². The Bertz CT molecular complexity index is 515. The number of unbranched alkanes of at least 4 members (excludes halogenated alkanes) is 3. The first-order valence-corrected chi connectivity index (χ1v) is 7.87. The summed E-state index contributed by atoms with van der Waals surface area (Å²) < 4.78 is 5.62. The van der Waals surface area contributed by atoms with Crippen molar-refractivity contribution in [1.82, 2.24) is 5.32 Å². The molecule has 0 fully saturated rings. The van der Waals surface area contributed by atoms with Crippen molar-refractivity contribution in [3.8, 4) is 5.75 Å². The molecule has 1 atom stereocenters. The van der Waals surface area contributed by atoms with Crippen LogP contribution in [0.3, 0.4) is 0 Å². The van der Waals surface area contributed by atoms with Crippen LogP contribution < -0.4 is 10.1 Å². The fourth-order valence-electron chi connectivity index (χ4n) is 2.61. The Kier molecular flexibility index (Phi) is 6.25. The van der Waals surface area contributed by atoms with Gasteiger partial charge < -0.3 is 15.2 Å². The Morgan fingerprint density at radius 3 is 2.77 bits per heavy atom. The standard InChI is InChI=1S/C17H23NO4/c19-16(20)9-3-1-2-6-10-18-17(21)14-11-13-7-4-5-8-15(13)22-12-14/h4-5,7-8,14H,1-3,6,9-12H2,(H,18,21)(H,19,20). The van der Waals surface area contributed by atoms with E-state index in [-0.39, 0.29) is 18.2 Å². The summed E-state index contributed by atoms with van der Waals surface area (Å²) in [5, 5.41) is 11.5. The van der Waals surface area contributed by atoms with Crippen LogP contribution in [-0.2, 0) is 16.0 Å². The van der Waals surface area contributed by atoms with Gasteiger partial charge in [-0.05, 0) is 30.9 Å². The number of hydrogen-bond donors (Lipinski definition) is 2. The zero-order valence-corrected chi connectivity index (χ0v) is 12.7. The number of carboxylic acids is 1. The molecule has 0 aliphatic carbocycles. The second-order valence-electron chi connectivity index (χ2n) is 5.67. The molecule has 0 spiro atoms. The highest BCUT2D eigenvalue weighted by Gasteiger charge is 2.25. The molecule has 0 aromatic heterocycles. The monoisotopic (exact) mass is 305 g/mol. The number of carbonyl (C=O) groups excluding carboxylic acids is 1. The number of carbonyl (C=O) groups is 2. The van der Waals surface area contributed by atoms with E-state index in [1.807, 2.05) is 24.3 Å². The fourth-order valence-corrected chi connectivity index (χ4v) is 2.61. The number of amides is 1. The van der Waals surface area contributed by atoms with Gasteiger partial charge in [0.05, 0.1) is 5.92 Å². The van der Waals surface area contributed by atoms with Crippen LogP contribution >= 0.6 is 0 Å². The van der Waals surface area contributed by atoms with Gasteiger partial charge in [-0.1, -0.05) is 31.0 Å². The van der Waals surface area contributed by atoms with Crippen molar-refractivity contribution < 1.29 is 19.4 Å². The zero-order chi connectivity index (χ0) is 15.8. The lowest BCUT2D eigenvalue weighted by atomic mass is 9.96. The third-order valence-electron chi connectivity index (χ3n) is 3.87. The average molecular weight is 305 g/mol. The lowest BCUT2D eigenvalue weighted by Gasteiger charge is -2.24. The largest absolute Gasteiger partial charge is 0.492 e. The maximum absolute atomic E-state index is 12.1. The summed E-state index contributed by atoms with van der Waals surface area (Å²) >= 11 is 0. The summed E-state index contributed by atoms with van der Waals surface area (Å²) in [7, 11) is 0. The fraction of sp³-hybridized carbons (Fsp3) is 0.529. The summed E-state index contributed by atoms with van der Waals surface area (Å²) in [4.78, 5) is 22.5. The number of rotatable bonds is 8. The van der Waals surface area contributed by atoms with Gasteiger partial charge >= 0.3 is 5.97 Å². The van der Waals surface area contributed by atoms with Gasteiger partial charge in [0.1, 0.15) is 12.4 Å². The predicted molar refractivity (Wildman–Crippen MR) is 82.9 cm³/mol. The van der Waals surface area contributed by atoms with Crippen LogP contribution in [0.1, 0.15) is 37.7 Å². The quantitative estimate of drug-likeness (QED) is 0.723. The molecule has 1 aliphatic heterocycles. The molecule has 1 aromatic carbocycles. The van der Waals surface area contributed by atoms with E-state index < -0.39 is 5.97 Å². The molecule has 2 N–H and O–H groups in total. The maximum atomic E-state index is 12.1. The van der Waals surface area contributed by atoms with E-state index in [0.29, 0.717) is 19.6 Å². The molecular formula is C17H23NO4. The molecule has 0 saturated heterocycles. The van der Waals surface area contributed by atoms with E-state index in [9.17, 15) is 9.59 Å². The first-order chi connectivity index (χ1) is 10.7. The molecular weight excluding hydrogens is 282 g/mol. The average Bonchev–Trinajstić information content (AvgIpc) is 2.53. The van der Waals surface area contributed by atoms with Crippen molar-refractivity contribution in [1.29, 1.82) is 0 Å². The Labute approximate surface area is 130 Å². The van der Waals surface area contributed by atoms with Crippen molar-refractivity contribution in [3.05, 3.63) is 29.8 Å². The molecule has 1 amide bonds. The van der Waals surface area contributed by atoms with Gasteiger partial charge in [0.25, 0.3) is 0 Å². The number of fused-ring (bicyclic) bond motifs is 1. The number of ether oxygens (including phenoxy) is 1. The lowest BCUT2D eigenvalue weighted by molar-refractivity contribution is -0.137. The van der Waals surface area contributed by atoms with Crippen LogP contribution in [0.15, 0.2) is 24.3 Å². The van der Waals surface area contributed by atoms with Gasteiger partial charge in [-0.25, -0.2) is 0 Å². The maximum Gasteiger partial charge on any atom is 0.303 e. The summed E-state index contributed by atoms with van der Waals surface area (Å²) in [6, 6.07) is 7.82. The minimum atomic E-state index is -0.745. The molecule has 1 aliphatic rings. The Morgan fingerprint density at radius 2 is 1.95 bits per heavy atom. The second-order valence-corrected chi connectivity index (χ2v) is 5.67. The summed E-state index contributed by atoms with van der Waals surface area (Å²) in [5.74, 6) is 0.0535. The number of aliphatic carboxylic acids is 1. The van der Waals surface area contributed by atoms with Gasteiger partial charge in [0.2, 0.25) is 5.91 Å². The predicted octanol–water partition coefficient (Wildman–Crippen LogP) is 2.39. The molecule has 2 rings (SSSR count). The Balaban J connectivity index is 1.61. The highest BCUT2D eigenvalue weighted by Crippen LogP contribution is 2.26. The minimum Gasteiger partial charge on any atom is -0.492 e. The van der Waals surface area contributed by atoms with E-state index in [2.05, 4.69) is 5.32 Å². The topological polar surface area (TPSA) is 75.6 Å². The van der Waals surface area contributed by atoms with Crippen molar-refractivity contribution in [3.63, 3.8) is 0 Å². The zero-order valence-electron chi connectivity index (χ0n) is 12.7. The molecule has 0 saturated carbocycles. The van der Waals surface area contributed by atoms with Crippen molar-refractivity contribution in [2.45, 2.75) is 38.5 Å². The molecule has 120 valence electrons.